The number of benzene rings is 4. The normalized spacial score (nSPS) is 14.6. The molecule has 0 aromatic heterocycles. The van der Waals surface area contributed by atoms with Crippen molar-refractivity contribution in [1.29, 1.82) is 0 Å². The lowest BCUT2D eigenvalue weighted by atomic mass is 9.67. The maximum absolute atomic E-state index is 2.37. The Morgan fingerprint density at radius 3 is 1.70 bits per heavy atom. The van der Waals surface area contributed by atoms with Gasteiger partial charge in [0.1, 0.15) is 0 Å². The Kier molecular flexibility index (Phi) is 4.44. The highest BCUT2D eigenvalue weighted by atomic mass is 14.5. The van der Waals surface area contributed by atoms with Crippen molar-refractivity contribution >= 4 is 5.57 Å². The number of hydrogen-bond donors (Lipinski definition) is 0. The first kappa shape index (κ1) is 18.6. The standard InChI is InChI=1S/C30H26/c1-21-18-19-28-27(20-21)29(26-17-11-10-12-22(26)2)23(3)30(28,24-13-6-4-7-14-24)25-15-8-5-9-16-25/h4-20H,1-3H3. The van der Waals surface area contributed by atoms with Gasteiger partial charge in [-0.25, -0.2) is 0 Å². The van der Waals surface area contributed by atoms with Gasteiger partial charge in [-0.05, 0) is 65.3 Å². The average Bonchev–Trinajstić information content (AvgIpc) is 3.03. The lowest BCUT2D eigenvalue weighted by Gasteiger charge is -2.34. The maximum atomic E-state index is 2.37. The van der Waals surface area contributed by atoms with Crippen LogP contribution >= 0.6 is 0 Å². The summed E-state index contributed by atoms with van der Waals surface area (Å²) in [6.07, 6.45) is 0. The first-order valence-corrected chi connectivity index (χ1v) is 10.6. The Labute approximate surface area is 179 Å². The van der Waals surface area contributed by atoms with E-state index in [1.165, 1.54) is 50.1 Å². The molecular formula is C30H26. The van der Waals surface area contributed by atoms with Crippen LogP contribution in [-0.2, 0) is 5.41 Å². The first-order chi connectivity index (χ1) is 14.6. The van der Waals surface area contributed by atoms with Crippen LogP contribution < -0.4 is 0 Å². The molecule has 0 bridgehead atoms. The van der Waals surface area contributed by atoms with E-state index >= 15 is 0 Å². The van der Waals surface area contributed by atoms with Crippen LogP contribution in [0.1, 0.15) is 45.9 Å². The van der Waals surface area contributed by atoms with Gasteiger partial charge in [-0.1, -0.05) is 109 Å². The molecule has 1 aliphatic carbocycles. The summed E-state index contributed by atoms with van der Waals surface area (Å²) in [5.74, 6) is 0. The molecule has 0 aliphatic heterocycles. The Morgan fingerprint density at radius 1 is 0.533 bits per heavy atom. The molecule has 146 valence electrons. The van der Waals surface area contributed by atoms with Gasteiger partial charge in [0, 0.05) is 0 Å². The second-order valence-corrected chi connectivity index (χ2v) is 8.35. The van der Waals surface area contributed by atoms with Gasteiger partial charge in [0.15, 0.2) is 0 Å². The molecule has 0 amide bonds. The maximum Gasteiger partial charge on any atom is 0.0674 e. The number of allylic oxidation sites excluding steroid dienone is 1. The van der Waals surface area contributed by atoms with Crippen molar-refractivity contribution in [3.63, 3.8) is 0 Å². The van der Waals surface area contributed by atoms with Crippen molar-refractivity contribution in [2.75, 3.05) is 0 Å². The summed E-state index contributed by atoms with van der Waals surface area (Å²) < 4.78 is 0. The molecule has 0 N–H and O–H groups in total. The van der Waals surface area contributed by atoms with Gasteiger partial charge in [-0.3, -0.25) is 0 Å². The predicted octanol–water partition coefficient (Wildman–Crippen LogP) is 7.47. The quantitative estimate of drug-likeness (QED) is 0.342. The summed E-state index contributed by atoms with van der Waals surface area (Å²) in [6.45, 7) is 6.74. The molecule has 4 aromatic rings. The number of aryl methyl sites for hydroxylation is 2. The van der Waals surface area contributed by atoms with Crippen molar-refractivity contribution < 1.29 is 0 Å². The van der Waals surface area contributed by atoms with Crippen LogP contribution in [-0.4, -0.2) is 0 Å². The SMILES string of the molecule is CC1=C(c2ccccc2C)c2cc(C)ccc2C1(c1ccccc1)c1ccccc1. The molecule has 0 heterocycles. The van der Waals surface area contributed by atoms with E-state index in [4.69, 9.17) is 0 Å². The molecule has 0 unspecified atom stereocenters. The third-order valence-electron chi connectivity index (χ3n) is 6.61. The third kappa shape index (κ3) is 2.60. The van der Waals surface area contributed by atoms with Crippen LogP contribution in [0.4, 0.5) is 0 Å². The van der Waals surface area contributed by atoms with Gasteiger partial charge in [0.2, 0.25) is 0 Å². The van der Waals surface area contributed by atoms with E-state index in [1.807, 2.05) is 0 Å². The molecule has 4 aromatic carbocycles. The molecule has 0 spiro atoms. The fourth-order valence-electron chi connectivity index (χ4n) is 5.27. The van der Waals surface area contributed by atoms with E-state index in [0.29, 0.717) is 0 Å². The van der Waals surface area contributed by atoms with Gasteiger partial charge in [0.25, 0.3) is 0 Å². The summed E-state index contributed by atoms with van der Waals surface area (Å²) in [7, 11) is 0. The van der Waals surface area contributed by atoms with Gasteiger partial charge >= 0.3 is 0 Å². The minimum atomic E-state index is -0.289. The highest BCUT2D eigenvalue weighted by molar-refractivity contribution is 5.93. The number of hydrogen-bond acceptors (Lipinski definition) is 0. The van der Waals surface area contributed by atoms with Crippen molar-refractivity contribution in [1.82, 2.24) is 0 Å². The molecule has 5 rings (SSSR count). The smallest absolute Gasteiger partial charge is 0.0622 e. The Hall–Kier alpha value is -3.38. The molecule has 0 radical (unpaired) electrons. The summed E-state index contributed by atoms with van der Waals surface area (Å²) in [6, 6.07) is 37.7. The molecule has 0 heteroatoms. The topological polar surface area (TPSA) is 0 Å². The second-order valence-electron chi connectivity index (χ2n) is 8.35. The van der Waals surface area contributed by atoms with E-state index < -0.39 is 0 Å². The van der Waals surface area contributed by atoms with Crippen LogP contribution in [0, 0.1) is 13.8 Å². The number of fused-ring (bicyclic) bond motifs is 1. The highest BCUT2D eigenvalue weighted by Gasteiger charge is 2.46. The zero-order valence-corrected chi connectivity index (χ0v) is 17.8. The molecular weight excluding hydrogens is 360 g/mol. The van der Waals surface area contributed by atoms with Gasteiger partial charge in [0.05, 0.1) is 5.41 Å². The molecule has 0 atom stereocenters. The summed E-state index contributed by atoms with van der Waals surface area (Å²) in [5, 5.41) is 0. The van der Waals surface area contributed by atoms with Gasteiger partial charge in [-0.15, -0.1) is 0 Å². The second kappa shape index (κ2) is 7.15. The van der Waals surface area contributed by atoms with Crippen molar-refractivity contribution in [3.05, 3.63) is 148 Å². The fraction of sp³-hybridized carbons (Fsp3) is 0.133. The largest absolute Gasteiger partial charge is 0.0674 e. The first-order valence-electron chi connectivity index (χ1n) is 10.6. The van der Waals surface area contributed by atoms with Gasteiger partial charge < -0.3 is 0 Å². The molecule has 1 aliphatic rings. The van der Waals surface area contributed by atoms with Gasteiger partial charge in [-0.2, -0.15) is 0 Å². The lowest BCUT2D eigenvalue weighted by molar-refractivity contribution is 0.743. The van der Waals surface area contributed by atoms with Crippen LogP contribution in [0.3, 0.4) is 0 Å². The van der Waals surface area contributed by atoms with Crippen LogP contribution in [0.25, 0.3) is 5.57 Å². The molecule has 30 heavy (non-hydrogen) atoms. The number of rotatable bonds is 3. The zero-order chi connectivity index (χ0) is 20.7. The Morgan fingerprint density at radius 2 is 1.10 bits per heavy atom. The van der Waals surface area contributed by atoms with E-state index in [2.05, 4.69) is 124 Å². The summed E-state index contributed by atoms with van der Waals surface area (Å²) >= 11 is 0. The zero-order valence-electron chi connectivity index (χ0n) is 17.8. The molecule has 0 saturated carbocycles. The lowest BCUT2D eigenvalue weighted by Crippen LogP contribution is -2.28. The van der Waals surface area contributed by atoms with Crippen LogP contribution in [0.5, 0.6) is 0 Å². The van der Waals surface area contributed by atoms with Crippen LogP contribution in [0.2, 0.25) is 0 Å². The van der Waals surface area contributed by atoms with E-state index in [9.17, 15) is 0 Å². The van der Waals surface area contributed by atoms with Crippen molar-refractivity contribution in [3.8, 4) is 0 Å². The van der Waals surface area contributed by atoms with E-state index in [1.54, 1.807) is 0 Å². The van der Waals surface area contributed by atoms with Crippen LogP contribution in [0.15, 0.2) is 109 Å². The fourth-order valence-corrected chi connectivity index (χ4v) is 5.27. The van der Waals surface area contributed by atoms with E-state index in [-0.39, 0.29) is 5.41 Å². The molecule has 0 saturated heterocycles. The minimum Gasteiger partial charge on any atom is -0.0622 e. The summed E-state index contributed by atoms with van der Waals surface area (Å²) in [5.41, 5.74) is 11.8. The predicted molar refractivity (Wildman–Crippen MR) is 127 cm³/mol. The van der Waals surface area contributed by atoms with E-state index in [0.717, 1.165) is 0 Å². The van der Waals surface area contributed by atoms with Crippen molar-refractivity contribution in [2.24, 2.45) is 0 Å². The monoisotopic (exact) mass is 386 g/mol. The molecule has 0 nitrogen and oxygen atoms in total. The van der Waals surface area contributed by atoms with Crippen molar-refractivity contribution in [2.45, 2.75) is 26.2 Å². The third-order valence-corrected chi connectivity index (χ3v) is 6.61. The average molecular weight is 387 g/mol. The Balaban J connectivity index is 1.96. The summed E-state index contributed by atoms with van der Waals surface area (Å²) in [4.78, 5) is 0. The molecule has 0 fully saturated rings. The Bertz CT molecular complexity index is 1200. The highest BCUT2D eigenvalue weighted by Crippen LogP contribution is 2.56. The minimum absolute atomic E-state index is 0.289.